The van der Waals surface area contributed by atoms with Crippen LogP contribution in [0.15, 0.2) is 12.3 Å². The van der Waals surface area contributed by atoms with Gasteiger partial charge in [0.05, 0.1) is 25.4 Å². The zero-order valence-electron chi connectivity index (χ0n) is 12.5. The van der Waals surface area contributed by atoms with Gasteiger partial charge in [0.1, 0.15) is 11.8 Å². The second-order valence-electron chi connectivity index (χ2n) is 5.31. The van der Waals surface area contributed by atoms with Gasteiger partial charge in [-0.3, -0.25) is 4.79 Å². The van der Waals surface area contributed by atoms with Crippen LogP contribution in [0.1, 0.15) is 22.5 Å². The van der Waals surface area contributed by atoms with E-state index >= 15 is 0 Å². The first-order valence-corrected chi connectivity index (χ1v) is 7.08. The van der Waals surface area contributed by atoms with E-state index < -0.39 is 0 Å². The third-order valence-corrected chi connectivity index (χ3v) is 3.71. The second kappa shape index (κ2) is 7.25. The van der Waals surface area contributed by atoms with Gasteiger partial charge in [-0.2, -0.15) is 5.26 Å². The zero-order chi connectivity index (χ0) is 15.2. The minimum atomic E-state index is -0.0154. The maximum Gasteiger partial charge on any atom is 0.270 e. The van der Waals surface area contributed by atoms with E-state index in [9.17, 15) is 4.79 Å². The van der Waals surface area contributed by atoms with E-state index in [4.69, 9.17) is 14.7 Å². The van der Waals surface area contributed by atoms with Crippen molar-refractivity contribution in [2.24, 2.45) is 13.0 Å². The van der Waals surface area contributed by atoms with E-state index in [0.717, 1.165) is 13.0 Å². The Morgan fingerprint density at radius 3 is 3.00 bits per heavy atom. The van der Waals surface area contributed by atoms with E-state index in [1.807, 2.05) is 4.90 Å². The summed E-state index contributed by atoms with van der Waals surface area (Å²) in [7, 11) is 3.43. The van der Waals surface area contributed by atoms with Crippen molar-refractivity contribution in [3.8, 4) is 6.07 Å². The number of likely N-dealkylation sites (tertiary alicyclic amines) is 1. The summed E-state index contributed by atoms with van der Waals surface area (Å²) < 4.78 is 12.2. The molecule has 1 aliphatic rings. The smallest absolute Gasteiger partial charge is 0.270 e. The van der Waals surface area contributed by atoms with Crippen LogP contribution in [0, 0.1) is 17.2 Å². The van der Waals surface area contributed by atoms with E-state index in [2.05, 4.69) is 6.07 Å². The molecule has 0 aromatic carbocycles. The van der Waals surface area contributed by atoms with Crippen molar-refractivity contribution in [3.05, 3.63) is 23.5 Å². The second-order valence-corrected chi connectivity index (χ2v) is 5.31. The molecule has 1 atom stereocenters. The summed E-state index contributed by atoms with van der Waals surface area (Å²) in [5.41, 5.74) is 1.08. The Bertz CT molecular complexity index is 533. The van der Waals surface area contributed by atoms with Crippen LogP contribution in [0.2, 0.25) is 0 Å². The molecule has 6 nitrogen and oxygen atoms in total. The molecular weight excluding hydrogens is 270 g/mol. The fraction of sp³-hybridized carbons (Fsp3) is 0.600. The fourth-order valence-corrected chi connectivity index (χ4v) is 2.55. The Balaban J connectivity index is 1.87. The Hall–Kier alpha value is -1.84. The van der Waals surface area contributed by atoms with Crippen molar-refractivity contribution >= 4 is 5.91 Å². The van der Waals surface area contributed by atoms with E-state index in [0.29, 0.717) is 43.5 Å². The van der Waals surface area contributed by atoms with Crippen LogP contribution in [0.4, 0.5) is 0 Å². The minimum absolute atomic E-state index is 0.0154. The molecule has 0 saturated carbocycles. The normalized spacial score (nSPS) is 18.0. The van der Waals surface area contributed by atoms with Gasteiger partial charge in [0, 0.05) is 39.4 Å². The highest BCUT2D eigenvalue weighted by atomic mass is 16.5. The molecule has 0 spiro atoms. The van der Waals surface area contributed by atoms with Crippen LogP contribution >= 0.6 is 0 Å². The molecule has 1 fully saturated rings. The predicted molar refractivity (Wildman–Crippen MR) is 76.8 cm³/mol. The number of nitrogens with zero attached hydrogens (tertiary/aromatic N) is 3. The monoisotopic (exact) mass is 291 g/mol. The summed E-state index contributed by atoms with van der Waals surface area (Å²) in [6.07, 6.45) is 2.63. The molecule has 0 radical (unpaired) electrons. The molecule has 1 aromatic rings. The minimum Gasteiger partial charge on any atom is -0.382 e. The summed E-state index contributed by atoms with van der Waals surface area (Å²) in [4.78, 5) is 14.3. The molecule has 0 bridgehead atoms. The summed E-state index contributed by atoms with van der Waals surface area (Å²) in [5.74, 6) is 0.361. The standard InChI is InChI=1S/C15H21N3O3/c1-17-9-13(8-16)7-14(17)15(19)18-4-3-12(10-18)11-21-6-5-20-2/h7,9,12H,3-6,10-11H2,1-2H3. The van der Waals surface area contributed by atoms with E-state index in [1.165, 1.54) is 0 Å². The van der Waals surface area contributed by atoms with Crippen LogP contribution in [0.25, 0.3) is 0 Å². The highest BCUT2D eigenvalue weighted by molar-refractivity contribution is 5.93. The summed E-state index contributed by atoms with van der Waals surface area (Å²) in [5, 5.41) is 8.89. The first kappa shape index (κ1) is 15.5. The lowest BCUT2D eigenvalue weighted by atomic mass is 10.1. The number of carbonyl (C=O) groups is 1. The first-order valence-electron chi connectivity index (χ1n) is 7.08. The summed E-state index contributed by atoms with van der Waals surface area (Å²) in [6, 6.07) is 3.70. The van der Waals surface area contributed by atoms with Gasteiger partial charge in [0.2, 0.25) is 0 Å². The van der Waals surface area contributed by atoms with Gasteiger partial charge in [0.15, 0.2) is 0 Å². The molecule has 1 amide bonds. The predicted octanol–water partition coefficient (Wildman–Crippen LogP) is 1.02. The number of nitriles is 1. The highest BCUT2D eigenvalue weighted by Gasteiger charge is 2.28. The Morgan fingerprint density at radius 2 is 2.33 bits per heavy atom. The lowest BCUT2D eigenvalue weighted by Gasteiger charge is -2.17. The Kier molecular flexibility index (Phi) is 5.37. The molecule has 1 aliphatic heterocycles. The molecule has 114 valence electrons. The van der Waals surface area contributed by atoms with Crippen molar-refractivity contribution < 1.29 is 14.3 Å². The maximum absolute atomic E-state index is 12.5. The molecule has 1 unspecified atom stereocenters. The van der Waals surface area contributed by atoms with Crippen molar-refractivity contribution in [3.63, 3.8) is 0 Å². The van der Waals surface area contributed by atoms with Gasteiger partial charge in [0.25, 0.3) is 5.91 Å². The van der Waals surface area contributed by atoms with Gasteiger partial charge in [-0.25, -0.2) is 0 Å². The third kappa shape index (κ3) is 3.84. The van der Waals surface area contributed by atoms with Crippen LogP contribution in [0.5, 0.6) is 0 Å². The average Bonchev–Trinajstić information content (AvgIpc) is 3.09. The van der Waals surface area contributed by atoms with Crippen molar-refractivity contribution in [1.29, 1.82) is 5.26 Å². The molecule has 0 aliphatic carbocycles. The first-order chi connectivity index (χ1) is 10.2. The molecule has 1 saturated heterocycles. The lowest BCUT2D eigenvalue weighted by molar-refractivity contribution is 0.0514. The van der Waals surface area contributed by atoms with Crippen LogP contribution in [-0.2, 0) is 16.5 Å². The van der Waals surface area contributed by atoms with Gasteiger partial charge < -0.3 is 18.9 Å². The molecule has 21 heavy (non-hydrogen) atoms. The van der Waals surface area contributed by atoms with Gasteiger partial charge >= 0.3 is 0 Å². The summed E-state index contributed by atoms with van der Waals surface area (Å²) in [6.45, 7) is 3.28. The van der Waals surface area contributed by atoms with Gasteiger partial charge in [-0.05, 0) is 12.5 Å². The van der Waals surface area contributed by atoms with E-state index in [1.54, 1.807) is 31.0 Å². The summed E-state index contributed by atoms with van der Waals surface area (Å²) >= 11 is 0. The van der Waals surface area contributed by atoms with Gasteiger partial charge in [-0.15, -0.1) is 0 Å². The highest BCUT2D eigenvalue weighted by Crippen LogP contribution is 2.19. The average molecular weight is 291 g/mol. The number of methoxy groups -OCH3 is 1. The van der Waals surface area contributed by atoms with Crippen LogP contribution < -0.4 is 0 Å². The van der Waals surface area contributed by atoms with Crippen LogP contribution in [-0.4, -0.2) is 55.4 Å². The number of aryl methyl sites for hydroxylation is 1. The number of hydrogen-bond donors (Lipinski definition) is 0. The topological polar surface area (TPSA) is 67.5 Å². The van der Waals surface area contributed by atoms with Gasteiger partial charge in [-0.1, -0.05) is 0 Å². The number of aromatic nitrogens is 1. The molecule has 0 N–H and O–H groups in total. The van der Waals surface area contributed by atoms with Crippen molar-refractivity contribution in [2.75, 3.05) is 40.0 Å². The Labute approximate surface area is 124 Å². The molecule has 6 heteroatoms. The number of rotatable bonds is 6. The fourth-order valence-electron chi connectivity index (χ4n) is 2.55. The quantitative estimate of drug-likeness (QED) is 0.734. The van der Waals surface area contributed by atoms with Crippen molar-refractivity contribution in [2.45, 2.75) is 6.42 Å². The Morgan fingerprint density at radius 1 is 1.52 bits per heavy atom. The van der Waals surface area contributed by atoms with Crippen LogP contribution in [0.3, 0.4) is 0 Å². The number of ether oxygens (including phenoxy) is 2. The molecule has 1 aromatic heterocycles. The SMILES string of the molecule is COCCOCC1CCN(C(=O)c2cc(C#N)cn2C)C1. The third-order valence-electron chi connectivity index (χ3n) is 3.71. The number of hydrogen-bond acceptors (Lipinski definition) is 4. The number of amides is 1. The molecular formula is C15H21N3O3. The maximum atomic E-state index is 12.5. The molecule has 2 heterocycles. The lowest BCUT2D eigenvalue weighted by Crippen LogP contribution is -2.30. The number of carbonyl (C=O) groups excluding carboxylic acids is 1. The van der Waals surface area contributed by atoms with E-state index in [-0.39, 0.29) is 5.91 Å². The van der Waals surface area contributed by atoms with Crippen molar-refractivity contribution in [1.82, 2.24) is 9.47 Å². The zero-order valence-corrected chi connectivity index (χ0v) is 12.5. The largest absolute Gasteiger partial charge is 0.382 e. The molecule has 2 rings (SSSR count).